The quantitative estimate of drug-likeness (QED) is 0.734. The van der Waals surface area contributed by atoms with Crippen LogP contribution in [0.4, 0.5) is 0 Å². The van der Waals surface area contributed by atoms with Gasteiger partial charge in [0.05, 0.1) is 11.1 Å². The van der Waals surface area contributed by atoms with E-state index < -0.39 is 27.0 Å². The third kappa shape index (κ3) is 3.13. The van der Waals surface area contributed by atoms with Gasteiger partial charge >= 0.3 is 11.9 Å². The summed E-state index contributed by atoms with van der Waals surface area (Å²) in [4.78, 5) is 21.1. The smallest absolute Gasteiger partial charge is 0.335 e. The molecule has 0 spiro atoms. The molecule has 0 unspecified atom stereocenters. The van der Waals surface area contributed by atoms with Crippen LogP contribution < -0.4 is 0 Å². The Morgan fingerprint density at radius 3 is 1.77 bits per heavy atom. The lowest BCUT2D eigenvalue weighted by Crippen LogP contribution is -2.05. The summed E-state index contributed by atoms with van der Waals surface area (Å²) in [6.45, 7) is 0. The zero-order valence-electron chi connectivity index (χ0n) is 10.9. The first-order valence-electron chi connectivity index (χ1n) is 5.88. The van der Waals surface area contributed by atoms with Gasteiger partial charge in [-0.1, -0.05) is 18.2 Å². The van der Waals surface area contributed by atoms with Crippen LogP contribution in [0.25, 0.3) is 11.1 Å². The van der Waals surface area contributed by atoms with Gasteiger partial charge < -0.3 is 10.2 Å². The standard InChI is InChI=1S/C14H10O7S/c15-13(16)9-3-1-8(2-4-9)11-6-5-10(14(17)18)7-12(11)22(19,20)21/h1-7H,(H,15,16)(H,17,18)(H,19,20,21). The Hall–Kier alpha value is -2.71. The second-order valence-electron chi connectivity index (χ2n) is 4.37. The largest absolute Gasteiger partial charge is 0.478 e. The first-order chi connectivity index (χ1) is 10.2. The minimum Gasteiger partial charge on any atom is -0.478 e. The highest BCUT2D eigenvalue weighted by Gasteiger charge is 2.19. The highest BCUT2D eigenvalue weighted by atomic mass is 32.2. The molecule has 2 aromatic rings. The fourth-order valence-corrected chi connectivity index (χ4v) is 2.64. The molecule has 0 bridgehead atoms. The maximum Gasteiger partial charge on any atom is 0.335 e. The molecule has 0 aliphatic carbocycles. The van der Waals surface area contributed by atoms with E-state index in [1.807, 2.05) is 0 Å². The third-order valence-corrected chi connectivity index (χ3v) is 3.84. The van der Waals surface area contributed by atoms with Gasteiger partial charge in [-0.15, -0.1) is 0 Å². The molecule has 7 nitrogen and oxygen atoms in total. The summed E-state index contributed by atoms with van der Waals surface area (Å²) in [5.74, 6) is -2.47. The van der Waals surface area contributed by atoms with E-state index in [0.29, 0.717) is 5.56 Å². The fourth-order valence-electron chi connectivity index (χ4n) is 1.90. The van der Waals surface area contributed by atoms with Gasteiger partial charge in [0.1, 0.15) is 4.90 Å². The third-order valence-electron chi connectivity index (χ3n) is 2.95. The summed E-state index contributed by atoms with van der Waals surface area (Å²) in [5.41, 5.74) is 0.122. The van der Waals surface area contributed by atoms with Crippen molar-refractivity contribution in [1.82, 2.24) is 0 Å². The molecule has 0 radical (unpaired) electrons. The summed E-state index contributed by atoms with van der Waals surface area (Å²) in [6.07, 6.45) is 0. The SMILES string of the molecule is O=C(O)c1ccc(-c2ccc(C(=O)O)cc2S(=O)(=O)O)cc1. The van der Waals surface area contributed by atoms with Crippen molar-refractivity contribution in [1.29, 1.82) is 0 Å². The second-order valence-corrected chi connectivity index (χ2v) is 5.76. The van der Waals surface area contributed by atoms with E-state index in [1.165, 1.54) is 36.4 Å². The van der Waals surface area contributed by atoms with Crippen molar-refractivity contribution in [3.63, 3.8) is 0 Å². The van der Waals surface area contributed by atoms with Crippen molar-refractivity contribution in [2.75, 3.05) is 0 Å². The Morgan fingerprint density at radius 2 is 1.32 bits per heavy atom. The molecule has 8 heteroatoms. The molecular weight excluding hydrogens is 312 g/mol. The van der Waals surface area contributed by atoms with Crippen LogP contribution in [0.15, 0.2) is 47.4 Å². The average Bonchev–Trinajstić information content (AvgIpc) is 2.45. The van der Waals surface area contributed by atoms with E-state index in [1.54, 1.807) is 0 Å². The molecule has 0 aromatic heterocycles. The molecule has 2 rings (SSSR count). The van der Waals surface area contributed by atoms with E-state index in [9.17, 15) is 22.6 Å². The predicted molar refractivity (Wildman–Crippen MR) is 75.6 cm³/mol. The molecule has 0 amide bonds. The van der Waals surface area contributed by atoms with Crippen LogP contribution in [-0.2, 0) is 10.1 Å². The van der Waals surface area contributed by atoms with Crippen molar-refractivity contribution >= 4 is 22.1 Å². The lowest BCUT2D eigenvalue weighted by atomic mass is 10.0. The second kappa shape index (κ2) is 5.58. The van der Waals surface area contributed by atoms with E-state index in [4.69, 9.17) is 10.2 Å². The summed E-state index contributed by atoms with van der Waals surface area (Å²) in [6, 6.07) is 8.56. The maximum absolute atomic E-state index is 11.4. The molecule has 114 valence electrons. The molecule has 0 heterocycles. The van der Waals surface area contributed by atoms with Crippen LogP contribution in [0.3, 0.4) is 0 Å². The number of carboxylic acid groups (broad SMARTS) is 2. The van der Waals surface area contributed by atoms with E-state index in [-0.39, 0.29) is 16.7 Å². The Kier molecular flexibility index (Phi) is 3.98. The topological polar surface area (TPSA) is 129 Å². The van der Waals surface area contributed by atoms with Gasteiger partial charge in [0.15, 0.2) is 0 Å². The highest BCUT2D eigenvalue weighted by molar-refractivity contribution is 7.86. The fraction of sp³-hybridized carbons (Fsp3) is 0. The predicted octanol–water partition coefficient (Wildman–Crippen LogP) is 2.00. The first-order valence-corrected chi connectivity index (χ1v) is 7.32. The molecule has 0 saturated carbocycles. The van der Waals surface area contributed by atoms with E-state index >= 15 is 0 Å². The van der Waals surface area contributed by atoms with Crippen LogP contribution in [0.1, 0.15) is 20.7 Å². The Bertz CT molecular complexity index is 851. The molecular formula is C14H10O7S. The highest BCUT2D eigenvalue weighted by Crippen LogP contribution is 2.28. The zero-order valence-corrected chi connectivity index (χ0v) is 11.7. The van der Waals surface area contributed by atoms with Crippen molar-refractivity contribution in [2.45, 2.75) is 4.90 Å². The van der Waals surface area contributed by atoms with Gasteiger partial charge in [-0.2, -0.15) is 8.42 Å². The number of carbonyl (C=O) groups is 2. The number of benzene rings is 2. The maximum atomic E-state index is 11.4. The Morgan fingerprint density at radius 1 is 0.818 bits per heavy atom. The summed E-state index contributed by atoms with van der Waals surface area (Å²) in [5, 5.41) is 17.7. The van der Waals surface area contributed by atoms with Gasteiger partial charge in [0.25, 0.3) is 10.1 Å². The summed E-state index contributed by atoms with van der Waals surface area (Å²) < 4.78 is 32.2. The molecule has 0 fully saturated rings. The number of rotatable bonds is 4. The van der Waals surface area contributed by atoms with Gasteiger partial charge in [0, 0.05) is 5.56 Å². The molecule has 0 saturated heterocycles. The number of carboxylic acids is 2. The molecule has 22 heavy (non-hydrogen) atoms. The van der Waals surface area contributed by atoms with Crippen molar-refractivity contribution in [3.05, 3.63) is 53.6 Å². The monoisotopic (exact) mass is 322 g/mol. The molecule has 2 aromatic carbocycles. The van der Waals surface area contributed by atoms with Crippen LogP contribution in [-0.4, -0.2) is 35.1 Å². The minimum atomic E-state index is -4.64. The number of aromatic carboxylic acids is 2. The Balaban J connectivity index is 2.64. The van der Waals surface area contributed by atoms with Crippen LogP contribution in [0, 0.1) is 0 Å². The van der Waals surface area contributed by atoms with Crippen LogP contribution in [0.5, 0.6) is 0 Å². The van der Waals surface area contributed by atoms with Crippen LogP contribution >= 0.6 is 0 Å². The summed E-state index contributed by atoms with van der Waals surface area (Å²) >= 11 is 0. The lowest BCUT2D eigenvalue weighted by Gasteiger charge is -2.09. The molecule has 0 atom stereocenters. The Labute approximate surface area is 125 Å². The van der Waals surface area contributed by atoms with Crippen LogP contribution in [0.2, 0.25) is 0 Å². The molecule has 3 N–H and O–H groups in total. The average molecular weight is 322 g/mol. The van der Waals surface area contributed by atoms with Gasteiger partial charge in [-0.3, -0.25) is 4.55 Å². The van der Waals surface area contributed by atoms with Gasteiger partial charge in [-0.05, 0) is 29.8 Å². The van der Waals surface area contributed by atoms with Crippen molar-refractivity contribution in [2.24, 2.45) is 0 Å². The molecule has 0 aliphatic rings. The van der Waals surface area contributed by atoms with Gasteiger partial charge in [0.2, 0.25) is 0 Å². The lowest BCUT2D eigenvalue weighted by molar-refractivity contribution is 0.0686. The first kappa shape index (κ1) is 15.7. The van der Waals surface area contributed by atoms with Gasteiger partial charge in [-0.25, -0.2) is 9.59 Å². The number of hydrogen-bond donors (Lipinski definition) is 3. The minimum absolute atomic E-state index is 0.0133. The van der Waals surface area contributed by atoms with E-state index in [0.717, 1.165) is 6.07 Å². The van der Waals surface area contributed by atoms with Crippen molar-refractivity contribution < 1.29 is 32.8 Å². The van der Waals surface area contributed by atoms with E-state index in [2.05, 4.69) is 0 Å². The number of hydrogen-bond acceptors (Lipinski definition) is 4. The normalized spacial score (nSPS) is 11.1. The van der Waals surface area contributed by atoms with Crippen molar-refractivity contribution in [3.8, 4) is 11.1 Å². The zero-order chi connectivity index (χ0) is 16.5. The summed E-state index contributed by atoms with van der Waals surface area (Å²) in [7, 11) is -4.64. The molecule has 0 aliphatic heterocycles.